The molecule has 17 heavy (non-hydrogen) atoms. The lowest BCUT2D eigenvalue weighted by atomic mass is 10.2. The van der Waals surface area contributed by atoms with Crippen LogP contribution in [0.25, 0.3) is 20.7 Å². The molecule has 0 N–H and O–H groups in total. The number of nitrogens with zero attached hydrogens (tertiary/aromatic N) is 3. The maximum Gasteiger partial charge on any atom is 0.225 e. The van der Waals surface area contributed by atoms with Crippen molar-refractivity contribution in [1.29, 1.82) is 0 Å². The Labute approximate surface area is 107 Å². The highest BCUT2D eigenvalue weighted by Crippen LogP contribution is 2.35. The Morgan fingerprint density at radius 2 is 2.12 bits per heavy atom. The summed E-state index contributed by atoms with van der Waals surface area (Å²) in [5.74, 6) is 0.758. The van der Waals surface area contributed by atoms with Gasteiger partial charge in [-0.2, -0.15) is 0 Å². The summed E-state index contributed by atoms with van der Waals surface area (Å²) < 4.78 is 1.14. The smallest absolute Gasteiger partial charge is 0.225 e. The first kappa shape index (κ1) is 10.7. The molecule has 0 saturated heterocycles. The molecular weight excluding hydrogens is 250 g/mol. The highest BCUT2D eigenvalue weighted by molar-refractivity contribution is 7.18. The summed E-state index contributed by atoms with van der Waals surface area (Å²) >= 11 is 3.44. The normalized spacial score (nSPS) is 10.9. The second kappa shape index (κ2) is 4.09. The summed E-state index contributed by atoms with van der Waals surface area (Å²) in [6, 6.07) is 4.20. The molecule has 3 aromatic heterocycles. The lowest BCUT2D eigenvalue weighted by Gasteiger charge is -2.09. The van der Waals surface area contributed by atoms with Gasteiger partial charge in [-0.05, 0) is 11.4 Å². The van der Waals surface area contributed by atoms with Crippen LogP contribution in [0.4, 0.5) is 5.95 Å². The Morgan fingerprint density at radius 1 is 1.24 bits per heavy atom. The van der Waals surface area contributed by atoms with E-state index in [2.05, 4.69) is 32.9 Å². The Morgan fingerprint density at radius 3 is 2.82 bits per heavy atom. The van der Waals surface area contributed by atoms with E-state index < -0.39 is 0 Å². The predicted molar refractivity (Wildman–Crippen MR) is 75.1 cm³/mol. The van der Waals surface area contributed by atoms with Gasteiger partial charge in [-0.1, -0.05) is 6.07 Å². The fourth-order valence-corrected chi connectivity index (χ4v) is 3.32. The molecule has 0 bridgehead atoms. The molecule has 0 saturated carbocycles. The summed E-state index contributed by atoms with van der Waals surface area (Å²) in [6.07, 6.45) is 1.90. The van der Waals surface area contributed by atoms with E-state index in [4.69, 9.17) is 0 Å². The standard InChI is InChI=1S/C12H11N3S2/c1-15(2)12-13-6-10-11(14-12)8(7-17-10)9-4-3-5-16-9/h3-7H,1-2H3. The fraction of sp³-hybridized carbons (Fsp3) is 0.167. The van der Waals surface area contributed by atoms with Gasteiger partial charge in [0.05, 0.1) is 16.4 Å². The van der Waals surface area contributed by atoms with Crippen LogP contribution in [0.2, 0.25) is 0 Å². The van der Waals surface area contributed by atoms with E-state index >= 15 is 0 Å². The SMILES string of the molecule is CN(C)c1ncc2scc(-c3cccs3)c2n1. The molecule has 0 radical (unpaired) electrons. The number of fused-ring (bicyclic) bond motifs is 1. The monoisotopic (exact) mass is 261 g/mol. The third-order valence-corrected chi connectivity index (χ3v) is 4.30. The van der Waals surface area contributed by atoms with Crippen molar-refractivity contribution in [3.63, 3.8) is 0 Å². The van der Waals surface area contributed by atoms with E-state index in [1.165, 1.54) is 10.4 Å². The van der Waals surface area contributed by atoms with E-state index in [1.807, 2.05) is 25.2 Å². The minimum absolute atomic E-state index is 0.758. The van der Waals surface area contributed by atoms with E-state index in [0.29, 0.717) is 0 Å². The molecule has 0 spiro atoms. The van der Waals surface area contributed by atoms with E-state index in [0.717, 1.165) is 16.2 Å². The van der Waals surface area contributed by atoms with Gasteiger partial charge in [0, 0.05) is 29.9 Å². The van der Waals surface area contributed by atoms with E-state index in [9.17, 15) is 0 Å². The maximum absolute atomic E-state index is 4.62. The second-order valence-corrected chi connectivity index (χ2v) is 5.76. The largest absolute Gasteiger partial charge is 0.347 e. The van der Waals surface area contributed by atoms with Crippen LogP contribution in [0.3, 0.4) is 0 Å². The van der Waals surface area contributed by atoms with Crippen LogP contribution in [-0.2, 0) is 0 Å². The number of aromatic nitrogens is 2. The Bertz CT molecular complexity index is 641. The lowest BCUT2D eigenvalue weighted by molar-refractivity contribution is 1.02. The average Bonchev–Trinajstić information content (AvgIpc) is 2.96. The van der Waals surface area contributed by atoms with Gasteiger partial charge in [-0.25, -0.2) is 9.97 Å². The van der Waals surface area contributed by atoms with Crippen molar-refractivity contribution in [2.45, 2.75) is 0 Å². The molecule has 0 fully saturated rings. The maximum atomic E-state index is 4.62. The quantitative estimate of drug-likeness (QED) is 0.707. The van der Waals surface area contributed by atoms with Crippen molar-refractivity contribution in [3.05, 3.63) is 29.1 Å². The molecule has 3 heterocycles. The summed E-state index contributed by atoms with van der Waals surface area (Å²) in [5, 5.41) is 4.25. The van der Waals surface area contributed by atoms with Crippen LogP contribution in [0, 0.1) is 0 Å². The number of rotatable bonds is 2. The van der Waals surface area contributed by atoms with Gasteiger partial charge in [0.15, 0.2) is 0 Å². The zero-order chi connectivity index (χ0) is 11.8. The van der Waals surface area contributed by atoms with Crippen molar-refractivity contribution in [1.82, 2.24) is 9.97 Å². The first-order valence-corrected chi connectivity index (χ1v) is 6.97. The second-order valence-electron chi connectivity index (χ2n) is 3.90. The summed E-state index contributed by atoms with van der Waals surface area (Å²) in [6.45, 7) is 0. The summed E-state index contributed by atoms with van der Waals surface area (Å²) in [4.78, 5) is 12.1. The molecular formula is C12H11N3S2. The molecule has 0 amide bonds. The van der Waals surface area contributed by atoms with Crippen molar-refractivity contribution >= 4 is 38.8 Å². The van der Waals surface area contributed by atoms with Crippen LogP contribution in [0.15, 0.2) is 29.1 Å². The van der Waals surface area contributed by atoms with Crippen LogP contribution in [0.1, 0.15) is 0 Å². The molecule has 86 valence electrons. The van der Waals surface area contributed by atoms with Crippen molar-refractivity contribution in [2.24, 2.45) is 0 Å². The van der Waals surface area contributed by atoms with Crippen molar-refractivity contribution in [3.8, 4) is 10.4 Å². The first-order chi connectivity index (χ1) is 8.25. The average molecular weight is 261 g/mol. The number of thiophene rings is 2. The molecule has 3 nitrogen and oxygen atoms in total. The zero-order valence-electron chi connectivity index (χ0n) is 9.54. The van der Waals surface area contributed by atoms with Gasteiger partial charge >= 0.3 is 0 Å². The molecule has 0 unspecified atom stereocenters. The van der Waals surface area contributed by atoms with E-state index in [-0.39, 0.29) is 0 Å². The van der Waals surface area contributed by atoms with Crippen LogP contribution in [0.5, 0.6) is 0 Å². The molecule has 0 aliphatic heterocycles. The Balaban J connectivity index is 2.23. The summed E-state index contributed by atoms with van der Waals surface area (Å²) in [7, 11) is 3.91. The summed E-state index contributed by atoms with van der Waals surface area (Å²) in [5.41, 5.74) is 2.27. The third-order valence-electron chi connectivity index (χ3n) is 2.49. The number of hydrogen-bond acceptors (Lipinski definition) is 5. The highest BCUT2D eigenvalue weighted by atomic mass is 32.1. The van der Waals surface area contributed by atoms with Gasteiger partial charge < -0.3 is 4.90 Å². The first-order valence-electron chi connectivity index (χ1n) is 5.21. The van der Waals surface area contributed by atoms with Gasteiger partial charge in [0.25, 0.3) is 0 Å². The number of hydrogen-bond donors (Lipinski definition) is 0. The molecule has 0 atom stereocenters. The molecule has 3 rings (SSSR count). The van der Waals surface area contributed by atoms with Gasteiger partial charge in [-0.3, -0.25) is 0 Å². The third kappa shape index (κ3) is 1.81. The molecule has 5 heteroatoms. The van der Waals surface area contributed by atoms with Crippen LogP contribution < -0.4 is 4.90 Å². The topological polar surface area (TPSA) is 29.0 Å². The number of anilines is 1. The molecule has 3 aromatic rings. The van der Waals surface area contributed by atoms with Crippen LogP contribution in [-0.4, -0.2) is 24.1 Å². The van der Waals surface area contributed by atoms with Gasteiger partial charge in [0.2, 0.25) is 5.95 Å². The molecule has 0 aromatic carbocycles. The zero-order valence-corrected chi connectivity index (χ0v) is 11.2. The Hall–Kier alpha value is -1.46. The van der Waals surface area contributed by atoms with Crippen molar-refractivity contribution in [2.75, 3.05) is 19.0 Å². The lowest BCUT2D eigenvalue weighted by Crippen LogP contribution is -2.12. The highest BCUT2D eigenvalue weighted by Gasteiger charge is 2.10. The van der Waals surface area contributed by atoms with Gasteiger partial charge in [-0.15, -0.1) is 22.7 Å². The van der Waals surface area contributed by atoms with Crippen LogP contribution >= 0.6 is 22.7 Å². The van der Waals surface area contributed by atoms with E-state index in [1.54, 1.807) is 22.7 Å². The minimum Gasteiger partial charge on any atom is -0.347 e. The fourth-order valence-electron chi connectivity index (χ4n) is 1.64. The molecule has 0 aliphatic carbocycles. The minimum atomic E-state index is 0.758. The van der Waals surface area contributed by atoms with Crippen molar-refractivity contribution < 1.29 is 0 Å². The predicted octanol–water partition coefficient (Wildman–Crippen LogP) is 3.49. The molecule has 0 aliphatic rings. The Kier molecular flexibility index (Phi) is 2.57. The van der Waals surface area contributed by atoms with Gasteiger partial charge in [0.1, 0.15) is 0 Å².